The van der Waals surface area contributed by atoms with E-state index in [0.717, 1.165) is 25.7 Å². The van der Waals surface area contributed by atoms with Gasteiger partial charge in [-0.25, -0.2) is 0 Å². The summed E-state index contributed by atoms with van der Waals surface area (Å²) in [4.78, 5) is 11.6. The molecule has 2 unspecified atom stereocenters. The van der Waals surface area contributed by atoms with Crippen LogP contribution >= 0.6 is 0 Å². The molecule has 4 heteroatoms. The molecular weight excluding hydrogens is 206 g/mol. The zero-order valence-electron chi connectivity index (χ0n) is 10.2. The number of carbonyl (C=O) groups is 1. The van der Waals surface area contributed by atoms with Gasteiger partial charge in [0.15, 0.2) is 0 Å². The van der Waals surface area contributed by atoms with E-state index in [-0.39, 0.29) is 6.10 Å². The summed E-state index contributed by atoms with van der Waals surface area (Å²) in [6, 6.07) is -0.917. The lowest BCUT2D eigenvalue weighted by molar-refractivity contribution is -0.157. The normalized spacial score (nSPS) is 29.5. The molecule has 0 spiro atoms. The Balaban J connectivity index is 2.48. The van der Waals surface area contributed by atoms with Crippen LogP contribution in [-0.2, 0) is 9.53 Å². The molecule has 94 valence electrons. The van der Waals surface area contributed by atoms with Gasteiger partial charge in [0.05, 0.1) is 6.10 Å². The van der Waals surface area contributed by atoms with Crippen LogP contribution in [-0.4, -0.2) is 29.3 Å². The largest absolute Gasteiger partial charge is 0.461 e. The van der Waals surface area contributed by atoms with E-state index in [4.69, 9.17) is 10.5 Å². The Morgan fingerprint density at radius 1 is 1.50 bits per heavy atom. The van der Waals surface area contributed by atoms with Crippen molar-refractivity contribution in [3.8, 4) is 0 Å². The van der Waals surface area contributed by atoms with E-state index < -0.39 is 18.1 Å². The third-order valence-electron chi connectivity index (χ3n) is 3.42. The second-order valence-electron chi connectivity index (χ2n) is 4.69. The van der Waals surface area contributed by atoms with Gasteiger partial charge in [-0.1, -0.05) is 13.3 Å². The lowest BCUT2D eigenvalue weighted by Gasteiger charge is -2.31. The lowest BCUT2D eigenvalue weighted by Crippen LogP contribution is -2.44. The van der Waals surface area contributed by atoms with Crippen molar-refractivity contribution in [2.45, 2.75) is 64.2 Å². The van der Waals surface area contributed by atoms with Crippen LogP contribution in [0.25, 0.3) is 0 Å². The average molecular weight is 229 g/mol. The smallest absolute Gasteiger partial charge is 0.325 e. The van der Waals surface area contributed by atoms with Crippen molar-refractivity contribution in [2.24, 2.45) is 11.7 Å². The minimum atomic E-state index is -0.917. The van der Waals surface area contributed by atoms with Gasteiger partial charge in [-0.05, 0) is 38.5 Å². The Morgan fingerprint density at radius 2 is 2.12 bits per heavy atom. The number of aliphatic hydroxyl groups excluding tert-OH is 1. The monoisotopic (exact) mass is 229 g/mol. The van der Waals surface area contributed by atoms with Crippen molar-refractivity contribution in [3.05, 3.63) is 0 Å². The standard InChI is InChI=1S/C12H23NO3/c1-3-9-6-4-5-7-10(9)16-12(15)11(13)8(2)14/h8-11,14H,3-7,13H2,1-2H3/t8-,9?,10?,11+/m1/s1. The van der Waals surface area contributed by atoms with Crippen LogP contribution in [0.4, 0.5) is 0 Å². The van der Waals surface area contributed by atoms with E-state index in [1.807, 2.05) is 0 Å². The molecular formula is C12H23NO3. The van der Waals surface area contributed by atoms with Crippen LogP contribution < -0.4 is 5.73 Å². The maximum absolute atomic E-state index is 11.6. The Kier molecular flexibility index (Phi) is 5.22. The number of rotatable bonds is 4. The third-order valence-corrected chi connectivity index (χ3v) is 3.42. The van der Waals surface area contributed by atoms with Gasteiger partial charge >= 0.3 is 5.97 Å². The lowest BCUT2D eigenvalue weighted by atomic mass is 9.85. The van der Waals surface area contributed by atoms with E-state index in [1.54, 1.807) is 0 Å². The molecule has 0 aromatic heterocycles. The number of carbonyl (C=O) groups excluding carboxylic acids is 1. The molecule has 0 saturated heterocycles. The molecule has 1 aliphatic carbocycles. The van der Waals surface area contributed by atoms with Crippen LogP contribution in [0.2, 0.25) is 0 Å². The van der Waals surface area contributed by atoms with Crippen LogP contribution in [0.5, 0.6) is 0 Å². The van der Waals surface area contributed by atoms with E-state index in [2.05, 4.69) is 6.92 Å². The van der Waals surface area contributed by atoms with Gasteiger partial charge in [0.1, 0.15) is 12.1 Å². The molecule has 0 heterocycles. The zero-order chi connectivity index (χ0) is 12.1. The highest BCUT2D eigenvalue weighted by molar-refractivity contribution is 5.76. The molecule has 1 rings (SSSR count). The second kappa shape index (κ2) is 6.21. The van der Waals surface area contributed by atoms with Crippen molar-refractivity contribution < 1.29 is 14.6 Å². The summed E-state index contributed by atoms with van der Waals surface area (Å²) >= 11 is 0. The predicted molar refractivity (Wildman–Crippen MR) is 61.8 cm³/mol. The van der Waals surface area contributed by atoms with Crippen LogP contribution in [0.1, 0.15) is 46.0 Å². The summed E-state index contributed by atoms with van der Waals surface area (Å²) in [6.45, 7) is 3.62. The number of hydrogen-bond acceptors (Lipinski definition) is 4. The molecule has 4 nitrogen and oxygen atoms in total. The highest BCUT2D eigenvalue weighted by atomic mass is 16.5. The van der Waals surface area contributed by atoms with Gasteiger partial charge in [-0.2, -0.15) is 0 Å². The highest BCUT2D eigenvalue weighted by Gasteiger charge is 2.29. The summed E-state index contributed by atoms with van der Waals surface area (Å²) in [5.41, 5.74) is 5.54. The van der Waals surface area contributed by atoms with E-state index in [0.29, 0.717) is 5.92 Å². The predicted octanol–water partition coefficient (Wildman–Crippen LogP) is 1.21. The topological polar surface area (TPSA) is 72.5 Å². The number of aliphatic hydroxyl groups is 1. The number of nitrogens with two attached hydrogens (primary N) is 1. The van der Waals surface area contributed by atoms with Crippen LogP contribution in [0.15, 0.2) is 0 Å². The summed E-state index contributed by atoms with van der Waals surface area (Å²) < 4.78 is 5.39. The summed E-state index contributed by atoms with van der Waals surface area (Å²) in [7, 11) is 0. The fourth-order valence-electron chi connectivity index (χ4n) is 2.22. The number of hydrogen-bond donors (Lipinski definition) is 2. The van der Waals surface area contributed by atoms with Gasteiger partial charge in [0.2, 0.25) is 0 Å². The molecule has 0 amide bonds. The minimum Gasteiger partial charge on any atom is -0.461 e. The Bertz CT molecular complexity index is 230. The van der Waals surface area contributed by atoms with Crippen LogP contribution in [0.3, 0.4) is 0 Å². The Hall–Kier alpha value is -0.610. The first-order chi connectivity index (χ1) is 7.56. The first kappa shape index (κ1) is 13.5. The van der Waals surface area contributed by atoms with Crippen molar-refractivity contribution in [1.82, 2.24) is 0 Å². The van der Waals surface area contributed by atoms with E-state index in [1.165, 1.54) is 13.3 Å². The molecule has 16 heavy (non-hydrogen) atoms. The summed E-state index contributed by atoms with van der Waals surface area (Å²) in [5, 5.41) is 9.22. The second-order valence-corrected chi connectivity index (χ2v) is 4.69. The molecule has 0 aromatic rings. The van der Waals surface area contributed by atoms with Gasteiger partial charge < -0.3 is 15.6 Å². The SMILES string of the molecule is CCC1CCCCC1OC(=O)[C@@H](N)[C@@H](C)O. The van der Waals surface area contributed by atoms with Gasteiger partial charge in [0.25, 0.3) is 0 Å². The third kappa shape index (κ3) is 3.46. The van der Waals surface area contributed by atoms with E-state index in [9.17, 15) is 9.90 Å². The highest BCUT2D eigenvalue weighted by Crippen LogP contribution is 2.29. The maximum Gasteiger partial charge on any atom is 0.325 e. The summed E-state index contributed by atoms with van der Waals surface area (Å²) in [5.74, 6) is -0.0146. The maximum atomic E-state index is 11.6. The fraction of sp³-hybridized carbons (Fsp3) is 0.917. The quantitative estimate of drug-likeness (QED) is 0.711. The minimum absolute atomic E-state index is 0.00366. The average Bonchev–Trinajstić information content (AvgIpc) is 2.28. The Morgan fingerprint density at radius 3 is 2.69 bits per heavy atom. The van der Waals surface area contributed by atoms with Crippen molar-refractivity contribution in [2.75, 3.05) is 0 Å². The molecule has 1 fully saturated rings. The van der Waals surface area contributed by atoms with Gasteiger partial charge in [-0.3, -0.25) is 4.79 Å². The number of ether oxygens (including phenoxy) is 1. The van der Waals surface area contributed by atoms with Crippen molar-refractivity contribution in [3.63, 3.8) is 0 Å². The fourth-order valence-corrected chi connectivity index (χ4v) is 2.22. The van der Waals surface area contributed by atoms with Gasteiger partial charge in [-0.15, -0.1) is 0 Å². The first-order valence-corrected chi connectivity index (χ1v) is 6.20. The molecule has 3 N–H and O–H groups in total. The Labute approximate surface area is 97.2 Å². The van der Waals surface area contributed by atoms with Crippen molar-refractivity contribution >= 4 is 5.97 Å². The van der Waals surface area contributed by atoms with Crippen LogP contribution in [0, 0.1) is 5.92 Å². The molecule has 4 atom stereocenters. The summed E-state index contributed by atoms with van der Waals surface area (Å²) in [6.07, 6.45) is 4.55. The van der Waals surface area contributed by atoms with E-state index >= 15 is 0 Å². The number of esters is 1. The van der Waals surface area contributed by atoms with Crippen molar-refractivity contribution in [1.29, 1.82) is 0 Å². The molecule has 0 aliphatic heterocycles. The molecule has 0 aromatic carbocycles. The molecule has 1 aliphatic rings. The van der Waals surface area contributed by atoms with Gasteiger partial charge in [0, 0.05) is 0 Å². The molecule has 0 radical (unpaired) electrons. The molecule has 0 bridgehead atoms. The molecule has 1 saturated carbocycles. The first-order valence-electron chi connectivity index (χ1n) is 6.20. The zero-order valence-corrected chi connectivity index (χ0v) is 10.2.